The number of aromatic amines is 1. The first-order valence-electron chi connectivity index (χ1n) is 9.47. The molecule has 0 amide bonds. The van der Waals surface area contributed by atoms with Crippen molar-refractivity contribution in [2.75, 3.05) is 19.4 Å². The SMILES string of the molecule is CN(C)[C@H]1CC[C@H](Nc2ncnc3[nH]cc(C4CCCC4)c23)CC1. The van der Waals surface area contributed by atoms with Gasteiger partial charge in [-0.1, -0.05) is 12.8 Å². The van der Waals surface area contributed by atoms with E-state index in [1.54, 1.807) is 6.33 Å². The Morgan fingerprint density at radius 1 is 1.04 bits per heavy atom. The van der Waals surface area contributed by atoms with E-state index in [1.165, 1.54) is 62.3 Å². The summed E-state index contributed by atoms with van der Waals surface area (Å²) in [6.45, 7) is 0. The first-order valence-corrected chi connectivity index (χ1v) is 9.47. The fourth-order valence-corrected chi connectivity index (χ4v) is 4.58. The summed E-state index contributed by atoms with van der Waals surface area (Å²) in [5, 5.41) is 4.98. The summed E-state index contributed by atoms with van der Waals surface area (Å²) < 4.78 is 0. The van der Waals surface area contributed by atoms with Crippen molar-refractivity contribution in [1.82, 2.24) is 19.9 Å². The quantitative estimate of drug-likeness (QED) is 0.894. The van der Waals surface area contributed by atoms with Gasteiger partial charge >= 0.3 is 0 Å². The third kappa shape index (κ3) is 3.02. The maximum Gasteiger partial charge on any atom is 0.143 e. The smallest absolute Gasteiger partial charge is 0.143 e. The number of nitrogens with zero attached hydrogens (tertiary/aromatic N) is 3. The molecule has 130 valence electrons. The summed E-state index contributed by atoms with van der Waals surface area (Å²) in [5.74, 6) is 1.71. The minimum atomic E-state index is 0.533. The normalized spacial score (nSPS) is 25.6. The third-order valence-electron chi connectivity index (χ3n) is 6.06. The van der Waals surface area contributed by atoms with Crippen molar-refractivity contribution in [1.29, 1.82) is 0 Å². The first kappa shape index (κ1) is 15.9. The number of hydrogen-bond acceptors (Lipinski definition) is 4. The van der Waals surface area contributed by atoms with Gasteiger partial charge in [0.05, 0.1) is 5.39 Å². The van der Waals surface area contributed by atoms with Crippen LogP contribution < -0.4 is 5.32 Å². The van der Waals surface area contributed by atoms with Crippen LogP contribution >= 0.6 is 0 Å². The molecule has 24 heavy (non-hydrogen) atoms. The lowest BCUT2D eigenvalue weighted by molar-refractivity contribution is 0.221. The largest absolute Gasteiger partial charge is 0.367 e. The van der Waals surface area contributed by atoms with Crippen LogP contribution in [0.15, 0.2) is 12.5 Å². The highest BCUT2D eigenvalue weighted by atomic mass is 15.1. The van der Waals surface area contributed by atoms with Crippen molar-refractivity contribution < 1.29 is 0 Å². The van der Waals surface area contributed by atoms with E-state index < -0.39 is 0 Å². The highest BCUT2D eigenvalue weighted by Gasteiger charge is 2.25. The predicted octanol–water partition coefficient (Wildman–Crippen LogP) is 3.90. The molecule has 4 rings (SSSR count). The molecule has 2 aromatic heterocycles. The van der Waals surface area contributed by atoms with Crippen LogP contribution in [0.1, 0.15) is 62.8 Å². The van der Waals surface area contributed by atoms with E-state index in [4.69, 9.17) is 0 Å². The van der Waals surface area contributed by atoms with Crippen LogP contribution in [0.25, 0.3) is 11.0 Å². The second-order valence-corrected chi connectivity index (χ2v) is 7.78. The molecule has 2 aliphatic carbocycles. The minimum Gasteiger partial charge on any atom is -0.367 e. The molecule has 2 saturated carbocycles. The van der Waals surface area contributed by atoms with E-state index in [9.17, 15) is 0 Å². The molecule has 0 bridgehead atoms. The summed E-state index contributed by atoms with van der Waals surface area (Å²) in [7, 11) is 4.39. The van der Waals surface area contributed by atoms with E-state index in [0.29, 0.717) is 12.0 Å². The van der Waals surface area contributed by atoms with Crippen molar-refractivity contribution >= 4 is 16.9 Å². The summed E-state index contributed by atoms with van der Waals surface area (Å²) in [6, 6.07) is 1.26. The van der Waals surface area contributed by atoms with Crippen molar-refractivity contribution in [3.63, 3.8) is 0 Å². The number of H-pyrrole nitrogens is 1. The number of nitrogens with one attached hydrogen (secondary N) is 2. The average molecular weight is 327 g/mol. The Bertz CT molecular complexity index is 678. The van der Waals surface area contributed by atoms with Crippen LogP contribution in [0.4, 0.5) is 5.82 Å². The van der Waals surface area contributed by atoms with Crippen LogP contribution in [0.2, 0.25) is 0 Å². The minimum absolute atomic E-state index is 0.533. The molecule has 0 atom stereocenters. The lowest BCUT2D eigenvalue weighted by Gasteiger charge is -2.33. The van der Waals surface area contributed by atoms with Gasteiger partial charge in [0.2, 0.25) is 0 Å². The molecule has 0 radical (unpaired) electrons. The van der Waals surface area contributed by atoms with Gasteiger partial charge in [-0.3, -0.25) is 0 Å². The Kier molecular flexibility index (Phi) is 4.44. The zero-order valence-corrected chi connectivity index (χ0v) is 14.9. The lowest BCUT2D eigenvalue weighted by atomic mass is 9.90. The van der Waals surface area contributed by atoms with E-state index in [2.05, 4.69) is 45.5 Å². The maximum atomic E-state index is 4.61. The number of anilines is 1. The molecule has 2 heterocycles. The highest BCUT2D eigenvalue weighted by molar-refractivity contribution is 5.91. The molecule has 2 aromatic rings. The molecule has 0 aromatic carbocycles. The molecule has 5 nitrogen and oxygen atoms in total. The summed E-state index contributed by atoms with van der Waals surface area (Å²) >= 11 is 0. The number of rotatable bonds is 4. The average Bonchev–Trinajstić information content (AvgIpc) is 3.25. The fourth-order valence-electron chi connectivity index (χ4n) is 4.58. The molecule has 2 fully saturated rings. The predicted molar refractivity (Wildman–Crippen MR) is 98.5 cm³/mol. The Morgan fingerprint density at radius 3 is 2.50 bits per heavy atom. The standard InChI is InChI=1S/C19H29N5/c1-24(2)15-9-7-14(8-10-15)23-19-17-16(13-5-3-4-6-13)11-20-18(17)21-12-22-19/h11-15H,3-10H2,1-2H3,(H2,20,21,22,23)/t14-,15-. The first-order chi connectivity index (χ1) is 11.7. The van der Waals surface area contributed by atoms with Crippen LogP contribution in [0.3, 0.4) is 0 Å². The highest BCUT2D eigenvalue weighted by Crippen LogP contribution is 2.39. The van der Waals surface area contributed by atoms with Gasteiger partial charge in [-0.05, 0) is 64.1 Å². The molecule has 0 aliphatic heterocycles. The van der Waals surface area contributed by atoms with E-state index in [0.717, 1.165) is 17.5 Å². The van der Waals surface area contributed by atoms with Crippen molar-refractivity contribution in [2.45, 2.75) is 69.4 Å². The monoisotopic (exact) mass is 327 g/mol. The number of fused-ring (bicyclic) bond motifs is 1. The van der Waals surface area contributed by atoms with Crippen LogP contribution in [0, 0.1) is 0 Å². The molecule has 5 heteroatoms. The van der Waals surface area contributed by atoms with Gasteiger partial charge in [0.15, 0.2) is 0 Å². The summed E-state index contributed by atoms with van der Waals surface area (Å²) in [6.07, 6.45) is 14.1. The number of hydrogen-bond donors (Lipinski definition) is 2. The van der Waals surface area contributed by atoms with Crippen LogP contribution in [-0.4, -0.2) is 46.0 Å². The lowest BCUT2D eigenvalue weighted by Crippen LogP contribution is -2.36. The molecule has 2 N–H and O–H groups in total. The molecular weight excluding hydrogens is 298 g/mol. The second kappa shape index (κ2) is 6.71. The van der Waals surface area contributed by atoms with Gasteiger partial charge in [-0.2, -0.15) is 0 Å². The summed E-state index contributed by atoms with van der Waals surface area (Å²) in [5.41, 5.74) is 2.41. The summed E-state index contributed by atoms with van der Waals surface area (Å²) in [4.78, 5) is 14.8. The Balaban J connectivity index is 1.55. The zero-order chi connectivity index (χ0) is 16.5. The van der Waals surface area contributed by atoms with Gasteiger partial charge in [-0.15, -0.1) is 0 Å². The van der Waals surface area contributed by atoms with Crippen molar-refractivity contribution in [2.24, 2.45) is 0 Å². The Hall–Kier alpha value is -1.62. The molecule has 2 aliphatic rings. The van der Waals surface area contributed by atoms with Crippen molar-refractivity contribution in [3.8, 4) is 0 Å². The Labute approximate surface area is 144 Å². The van der Waals surface area contributed by atoms with Gasteiger partial charge in [-0.25, -0.2) is 9.97 Å². The van der Waals surface area contributed by atoms with Crippen molar-refractivity contribution in [3.05, 3.63) is 18.1 Å². The van der Waals surface area contributed by atoms with Gasteiger partial charge in [0.25, 0.3) is 0 Å². The van der Waals surface area contributed by atoms with Crippen LogP contribution in [-0.2, 0) is 0 Å². The maximum absolute atomic E-state index is 4.61. The number of aromatic nitrogens is 3. The zero-order valence-electron chi connectivity index (χ0n) is 14.9. The fraction of sp³-hybridized carbons (Fsp3) is 0.684. The van der Waals surface area contributed by atoms with Gasteiger partial charge in [0.1, 0.15) is 17.8 Å². The Morgan fingerprint density at radius 2 is 1.79 bits per heavy atom. The van der Waals surface area contributed by atoms with E-state index in [-0.39, 0.29) is 0 Å². The molecule has 0 unspecified atom stereocenters. The van der Waals surface area contributed by atoms with E-state index >= 15 is 0 Å². The van der Waals surface area contributed by atoms with Gasteiger partial charge in [0, 0.05) is 18.3 Å². The van der Waals surface area contributed by atoms with Crippen LogP contribution in [0.5, 0.6) is 0 Å². The molecule has 0 saturated heterocycles. The van der Waals surface area contributed by atoms with Gasteiger partial charge < -0.3 is 15.2 Å². The topological polar surface area (TPSA) is 56.8 Å². The molecular formula is C19H29N5. The third-order valence-corrected chi connectivity index (χ3v) is 6.06. The van der Waals surface area contributed by atoms with E-state index in [1.807, 2.05) is 0 Å². The second-order valence-electron chi connectivity index (χ2n) is 7.78. The molecule has 0 spiro atoms.